The lowest BCUT2D eigenvalue weighted by Gasteiger charge is -2.22. The average molecular weight is 380 g/mol. The van der Waals surface area contributed by atoms with Gasteiger partial charge in [0.05, 0.1) is 22.8 Å². The fourth-order valence-corrected chi connectivity index (χ4v) is 4.25. The second-order valence-electron chi connectivity index (χ2n) is 5.84. The second kappa shape index (κ2) is 8.00. The van der Waals surface area contributed by atoms with Crippen molar-refractivity contribution in [1.82, 2.24) is 4.98 Å². The Balaban J connectivity index is 0.000000924. The van der Waals surface area contributed by atoms with Gasteiger partial charge in [-0.3, -0.25) is 0 Å². The lowest BCUT2D eigenvalue weighted by atomic mass is 9.83. The molecule has 1 saturated carbocycles. The van der Waals surface area contributed by atoms with Crippen molar-refractivity contribution in [1.29, 1.82) is 0 Å². The third kappa shape index (κ3) is 3.47. The molecule has 0 bridgehead atoms. The van der Waals surface area contributed by atoms with Crippen molar-refractivity contribution in [2.75, 3.05) is 7.11 Å². The number of aromatic nitrogens is 1. The number of carbonyl (C=O) groups excluding carboxylic acids is 1. The average Bonchev–Trinajstić information content (AvgIpc) is 2.94. The molecule has 1 fully saturated rings. The van der Waals surface area contributed by atoms with Crippen LogP contribution in [0.5, 0.6) is 0 Å². The van der Waals surface area contributed by atoms with E-state index in [1.807, 2.05) is 26.8 Å². The first-order valence-electron chi connectivity index (χ1n) is 8.52. The van der Waals surface area contributed by atoms with Crippen LogP contribution < -0.4 is 0 Å². The van der Waals surface area contributed by atoms with E-state index in [9.17, 15) is 4.79 Å². The Morgan fingerprint density at radius 2 is 1.87 bits per heavy atom. The summed E-state index contributed by atoms with van der Waals surface area (Å²) in [4.78, 5) is 15.2. The molecule has 1 heterocycles. The Morgan fingerprint density at radius 3 is 2.48 bits per heavy atom. The zero-order valence-corrected chi connectivity index (χ0v) is 16.0. The van der Waals surface area contributed by atoms with Gasteiger partial charge in [-0.25, -0.2) is 4.79 Å². The molecule has 3 nitrogen and oxygen atoms in total. The van der Waals surface area contributed by atoms with Gasteiger partial charge in [0, 0.05) is 5.39 Å². The summed E-state index contributed by atoms with van der Waals surface area (Å²) >= 11 is 3.69. The van der Waals surface area contributed by atoms with Gasteiger partial charge in [-0.15, -0.1) is 0 Å². The molecule has 0 atom stereocenters. The number of rotatable bonds is 2. The molecule has 2 aromatic rings. The number of nitrogens with one attached hydrogen (secondary N) is 1. The van der Waals surface area contributed by atoms with Crippen molar-refractivity contribution in [3.63, 3.8) is 0 Å². The summed E-state index contributed by atoms with van der Waals surface area (Å²) in [6.45, 7) is 5.97. The second-order valence-corrected chi connectivity index (χ2v) is 6.63. The van der Waals surface area contributed by atoms with E-state index in [4.69, 9.17) is 4.74 Å². The number of esters is 1. The van der Waals surface area contributed by atoms with Crippen LogP contribution in [0.2, 0.25) is 0 Å². The van der Waals surface area contributed by atoms with E-state index in [0.29, 0.717) is 11.5 Å². The summed E-state index contributed by atoms with van der Waals surface area (Å²) < 4.78 is 5.92. The molecule has 1 aromatic carbocycles. The van der Waals surface area contributed by atoms with Gasteiger partial charge in [0.1, 0.15) is 0 Å². The predicted molar refractivity (Wildman–Crippen MR) is 99.2 cm³/mol. The largest absolute Gasteiger partial charge is 0.465 e. The van der Waals surface area contributed by atoms with Crippen molar-refractivity contribution in [2.24, 2.45) is 0 Å². The molecule has 0 amide bonds. The number of aromatic amines is 1. The monoisotopic (exact) mass is 379 g/mol. The number of carbonyl (C=O) groups is 1. The molecule has 0 spiro atoms. The SMILES string of the molecule is CC.COC(=O)c1ccc2c(C3CCCCC3)c(Br)[nH]c2c1C. The highest BCUT2D eigenvalue weighted by molar-refractivity contribution is 9.10. The lowest BCUT2D eigenvalue weighted by Crippen LogP contribution is -2.05. The molecular formula is C19H26BrNO2. The van der Waals surface area contributed by atoms with Gasteiger partial charge < -0.3 is 9.72 Å². The van der Waals surface area contributed by atoms with E-state index in [1.165, 1.54) is 50.2 Å². The zero-order chi connectivity index (χ0) is 17.0. The minimum Gasteiger partial charge on any atom is -0.465 e. The molecule has 1 aliphatic carbocycles. The van der Waals surface area contributed by atoms with E-state index in [0.717, 1.165) is 15.7 Å². The van der Waals surface area contributed by atoms with Gasteiger partial charge in [0.15, 0.2) is 0 Å². The van der Waals surface area contributed by atoms with E-state index >= 15 is 0 Å². The summed E-state index contributed by atoms with van der Waals surface area (Å²) in [6, 6.07) is 3.94. The van der Waals surface area contributed by atoms with Gasteiger partial charge >= 0.3 is 5.97 Å². The normalized spacial score (nSPS) is 15.2. The first-order chi connectivity index (χ1) is 11.1. The standard InChI is InChI=1S/C17H20BrNO2.C2H6/c1-10-12(17(20)21-2)8-9-13-14(16(18)19-15(10)13)11-6-4-3-5-7-11;1-2/h8-9,11,19H,3-7H2,1-2H3;1-2H3. The van der Waals surface area contributed by atoms with Gasteiger partial charge in [0.2, 0.25) is 0 Å². The number of aryl methyl sites for hydroxylation is 1. The van der Waals surface area contributed by atoms with Crippen molar-refractivity contribution in [3.05, 3.63) is 33.4 Å². The number of H-pyrrole nitrogens is 1. The first-order valence-corrected chi connectivity index (χ1v) is 9.31. The Bertz CT molecular complexity index is 684. The highest BCUT2D eigenvalue weighted by Crippen LogP contribution is 2.41. The van der Waals surface area contributed by atoms with E-state index < -0.39 is 0 Å². The number of hydrogen-bond acceptors (Lipinski definition) is 2. The Hall–Kier alpha value is -1.29. The molecule has 0 radical (unpaired) electrons. The van der Waals surface area contributed by atoms with Crippen LogP contribution in [0, 0.1) is 6.92 Å². The summed E-state index contributed by atoms with van der Waals surface area (Å²) in [6.07, 6.45) is 6.47. The summed E-state index contributed by atoms with van der Waals surface area (Å²) in [7, 11) is 1.42. The molecule has 3 rings (SSSR count). The molecule has 4 heteroatoms. The van der Waals surface area contributed by atoms with E-state index in [-0.39, 0.29) is 5.97 Å². The third-order valence-corrected chi connectivity index (χ3v) is 5.27. The highest BCUT2D eigenvalue weighted by Gasteiger charge is 2.23. The van der Waals surface area contributed by atoms with Crippen molar-refractivity contribution >= 4 is 32.8 Å². The molecular weight excluding hydrogens is 354 g/mol. The maximum absolute atomic E-state index is 11.8. The Morgan fingerprint density at radius 1 is 1.22 bits per heavy atom. The molecule has 0 saturated heterocycles. The maximum atomic E-state index is 11.8. The Kier molecular flexibility index (Phi) is 6.28. The fraction of sp³-hybridized carbons (Fsp3) is 0.526. The quantitative estimate of drug-likeness (QED) is 0.640. The van der Waals surface area contributed by atoms with Crippen LogP contribution in [0.4, 0.5) is 0 Å². The van der Waals surface area contributed by atoms with Crippen molar-refractivity contribution in [3.8, 4) is 0 Å². The fourth-order valence-electron chi connectivity index (χ4n) is 3.51. The lowest BCUT2D eigenvalue weighted by molar-refractivity contribution is 0.0600. The number of halogens is 1. The number of fused-ring (bicyclic) bond motifs is 1. The zero-order valence-electron chi connectivity index (χ0n) is 14.5. The molecule has 126 valence electrons. The van der Waals surface area contributed by atoms with Crippen LogP contribution in [-0.4, -0.2) is 18.1 Å². The van der Waals surface area contributed by atoms with E-state index in [1.54, 1.807) is 0 Å². The van der Waals surface area contributed by atoms with Gasteiger partial charge in [-0.05, 0) is 58.8 Å². The molecule has 23 heavy (non-hydrogen) atoms. The molecule has 1 N–H and O–H groups in total. The van der Waals surface area contributed by atoms with Crippen LogP contribution in [0.3, 0.4) is 0 Å². The number of hydrogen-bond donors (Lipinski definition) is 1. The Labute approximate surface area is 146 Å². The smallest absolute Gasteiger partial charge is 0.338 e. The third-order valence-electron chi connectivity index (χ3n) is 4.65. The molecule has 1 aromatic heterocycles. The maximum Gasteiger partial charge on any atom is 0.338 e. The minimum atomic E-state index is -0.278. The van der Waals surface area contributed by atoms with Crippen molar-refractivity contribution in [2.45, 2.75) is 58.8 Å². The number of ether oxygens (including phenoxy) is 1. The summed E-state index contributed by atoms with van der Waals surface area (Å²) in [5.41, 5.74) is 4.02. The molecule has 1 aliphatic rings. The van der Waals surface area contributed by atoms with Gasteiger partial charge in [-0.2, -0.15) is 0 Å². The number of methoxy groups -OCH3 is 1. The first kappa shape index (κ1) is 18.1. The van der Waals surface area contributed by atoms with Crippen molar-refractivity contribution < 1.29 is 9.53 Å². The summed E-state index contributed by atoms with van der Waals surface area (Å²) in [5.74, 6) is 0.338. The van der Waals surface area contributed by atoms with Crippen LogP contribution in [0.25, 0.3) is 10.9 Å². The molecule has 0 unspecified atom stereocenters. The van der Waals surface area contributed by atoms with Crippen LogP contribution in [0.15, 0.2) is 16.7 Å². The van der Waals surface area contributed by atoms with Crippen LogP contribution >= 0.6 is 15.9 Å². The van der Waals surface area contributed by atoms with Gasteiger partial charge in [0.25, 0.3) is 0 Å². The highest BCUT2D eigenvalue weighted by atomic mass is 79.9. The topological polar surface area (TPSA) is 42.1 Å². The molecule has 0 aliphatic heterocycles. The number of benzene rings is 1. The predicted octanol–water partition coefficient (Wildman–Crippen LogP) is 6.10. The van der Waals surface area contributed by atoms with E-state index in [2.05, 4.69) is 27.0 Å². The summed E-state index contributed by atoms with van der Waals surface area (Å²) in [5, 5.41) is 1.24. The van der Waals surface area contributed by atoms with Gasteiger partial charge in [-0.1, -0.05) is 39.2 Å². The minimum absolute atomic E-state index is 0.278. The van der Waals surface area contributed by atoms with Crippen LogP contribution in [0.1, 0.15) is 73.4 Å². The van der Waals surface area contributed by atoms with Crippen LogP contribution in [-0.2, 0) is 4.74 Å².